The van der Waals surface area contributed by atoms with Crippen LogP contribution in [-0.4, -0.2) is 5.66 Å². The molecule has 2 heteroatoms. The highest BCUT2D eigenvalue weighted by molar-refractivity contribution is 4.93. The summed E-state index contributed by atoms with van der Waals surface area (Å²) in [5.74, 6) is 0. The predicted molar refractivity (Wildman–Crippen MR) is 94.2 cm³/mol. The Morgan fingerprint density at radius 1 is 0.476 bits per heavy atom. The van der Waals surface area contributed by atoms with E-state index >= 15 is 0 Å². The van der Waals surface area contributed by atoms with E-state index in [2.05, 4.69) is 24.7 Å². The van der Waals surface area contributed by atoms with Crippen LogP contribution in [0.5, 0.6) is 0 Å². The fraction of sp³-hybridized carbons (Fsp3) is 1.00. The minimum absolute atomic E-state index is 0.340. The zero-order valence-electron chi connectivity index (χ0n) is 14.8. The predicted octanol–water partition coefficient (Wildman–Crippen LogP) is 6.07. The third kappa shape index (κ3) is 10.3. The summed E-state index contributed by atoms with van der Waals surface area (Å²) in [5, 5.41) is 0. The molecule has 0 atom stereocenters. The monoisotopic (exact) mass is 296 g/mol. The van der Waals surface area contributed by atoms with Crippen LogP contribution >= 0.6 is 0 Å². The minimum Gasteiger partial charge on any atom is -0.235 e. The van der Waals surface area contributed by atoms with Crippen LogP contribution in [0.4, 0.5) is 0 Å². The fourth-order valence-corrected chi connectivity index (χ4v) is 3.23. The molecule has 1 aliphatic rings. The molecule has 126 valence electrons. The molecule has 1 rings (SSSR count). The van der Waals surface area contributed by atoms with Crippen molar-refractivity contribution in [1.82, 2.24) is 10.9 Å². The Hall–Kier alpha value is -0.0800. The average Bonchev–Trinajstić information content (AvgIpc) is 3.26. The summed E-state index contributed by atoms with van der Waals surface area (Å²) in [4.78, 5) is 0. The van der Waals surface area contributed by atoms with Crippen molar-refractivity contribution in [2.24, 2.45) is 0 Å². The van der Waals surface area contributed by atoms with Crippen molar-refractivity contribution in [3.05, 3.63) is 0 Å². The molecule has 2 nitrogen and oxygen atoms in total. The number of unbranched alkanes of at least 4 members (excludes halogenated alkanes) is 12. The van der Waals surface area contributed by atoms with Gasteiger partial charge in [-0.1, -0.05) is 104 Å². The largest absolute Gasteiger partial charge is 0.235 e. The molecule has 1 saturated heterocycles. The van der Waals surface area contributed by atoms with Crippen molar-refractivity contribution in [3.63, 3.8) is 0 Å². The first-order chi connectivity index (χ1) is 10.3. The smallest absolute Gasteiger partial charge is 0.0943 e. The maximum atomic E-state index is 3.42. The van der Waals surface area contributed by atoms with Gasteiger partial charge < -0.3 is 0 Å². The van der Waals surface area contributed by atoms with Crippen molar-refractivity contribution in [1.29, 1.82) is 0 Å². The Morgan fingerprint density at radius 3 is 1.14 bits per heavy atom. The van der Waals surface area contributed by atoms with Crippen LogP contribution in [0.15, 0.2) is 0 Å². The molecular formula is C19H40N2. The van der Waals surface area contributed by atoms with E-state index < -0.39 is 0 Å². The Balaban J connectivity index is 1.85. The quantitative estimate of drug-likeness (QED) is 0.268. The normalized spacial score (nSPS) is 16.3. The number of hydrazine groups is 1. The van der Waals surface area contributed by atoms with Gasteiger partial charge in [0.2, 0.25) is 0 Å². The van der Waals surface area contributed by atoms with Crippen LogP contribution in [0.25, 0.3) is 0 Å². The van der Waals surface area contributed by atoms with Crippen molar-refractivity contribution >= 4 is 0 Å². The zero-order valence-corrected chi connectivity index (χ0v) is 14.8. The second-order valence-electron chi connectivity index (χ2n) is 7.07. The van der Waals surface area contributed by atoms with Crippen molar-refractivity contribution in [3.8, 4) is 0 Å². The van der Waals surface area contributed by atoms with Crippen LogP contribution in [0, 0.1) is 0 Å². The number of rotatable bonds is 16. The molecule has 0 bridgehead atoms. The van der Waals surface area contributed by atoms with Crippen LogP contribution in [-0.2, 0) is 0 Å². The topological polar surface area (TPSA) is 43.9 Å². The molecule has 0 saturated carbocycles. The summed E-state index contributed by atoms with van der Waals surface area (Å²) >= 11 is 0. The number of hydrogen-bond donors (Lipinski definition) is 2. The highest BCUT2D eigenvalue weighted by atomic mass is 15.7. The number of hydrogen-bond acceptors (Lipinski definition) is 2. The SMILES string of the molecule is CCCCCCCCCC1(CCCCCCCCC)NN1. The van der Waals surface area contributed by atoms with Gasteiger partial charge in [-0.25, -0.2) is 10.9 Å². The second-order valence-corrected chi connectivity index (χ2v) is 7.07. The molecule has 0 aromatic carbocycles. The zero-order chi connectivity index (χ0) is 15.2. The van der Waals surface area contributed by atoms with Crippen LogP contribution in [0.3, 0.4) is 0 Å². The molecule has 1 fully saturated rings. The summed E-state index contributed by atoms with van der Waals surface area (Å²) < 4.78 is 0. The minimum atomic E-state index is 0.340. The van der Waals surface area contributed by atoms with E-state index in [4.69, 9.17) is 0 Å². The first-order valence-electron chi connectivity index (χ1n) is 9.87. The molecule has 0 aromatic heterocycles. The average molecular weight is 297 g/mol. The lowest BCUT2D eigenvalue weighted by Gasteiger charge is -2.11. The van der Waals surface area contributed by atoms with Crippen LogP contribution in [0.2, 0.25) is 0 Å². The van der Waals surface area contributed by atoms with Gasteiger partial charge in [0.25, 0.3) is 0 Å². The molecule has 0 spiro atoms. The van der Waals surface area contributed by atoms with E-state index in [-0.39, 0.29) is 0 Å². The van der Waals surface area contributed by atoms with Crippen molar-refractivity contribution < 1.29 is 0 Å². The lowest BCUT2D eigenvalue weighted by molar-refractivity contribution is 0.443. The van der Waals surface area contributed by atoms with E-state index in [1.807, 2.05) is 0 Å². The van der Waals surface area contributed by atoms with Gasteiger partial charge in [0.15, 0.2) is 0 Å². The first-order valence-corrected chi connectivity index (χ1v) is 9.87. The molecule has 0 unspecified atom stereocenters. The Bertz CT molecular complexity index is 204. The van der Waals surface area contributed by atoms with E-state index in [9.17, 15) is 0 Å². The van der Waals surface area contributed by atoms with Crippen LogP contribution < -0.4 is 10.9 Å². The van der Waals surface area contributed by atoms with Gasteiger partial charge in [-0.15, -0.1) is 0 Å². The van der Waals surface area contributed by atoms with Crippen molar-refractivity contribution in [2.45, 2.75) is 122 Å². The third-order valence-electron chi connectivity index (χ3n) is 4.89. The Kier molecular flexibility index (Phi) is 11.3. The summed E-state index contributed by atoms with van der Waals surface area (Å²) in [6.07, 6.45) is 22.5. The van der Waals surface area contributed by atoms with E-state index in [0.717, 1.165) is 0 Å². The summed E-state index contributed by atoms with van der Waals surface area (Å²) in [5.41, 5.74) is 7.18. The molecule has 1 heterocycles. The first kappa shape index (κ1) is 19.0. The van der Waals surface area contributed by atoms with E-state index in [1.165, 1.54) is 103 Å². The molecule has 0 amide bonds. The Morgan fingerprint density at radius 2 is 0.810 bits per heavy atom. The molecule has 0 radical (unpaired) electrons. The lowest BCUT2D eigenvalue weighted by atomic mass is 9.98. The lowest BCUT2D eigenvalue weighted by Crippen LogP contribution is -2.17. The van der Waals surface area contributed by atoms with Gasteiger partial charge in [0.05, 0.1) is 5.66 Å². The molecule has 0 aromatic rings. The standard InChI is InChI=1S/C19H40N2/c1-3-5-7-9-11-13-15-17-19(20-21-19)18-16-14-12-10-8-6-4-2/h20-21H,3-18H2,1-2H3. The van der Waals surface area contributed by atoms with Gasteiger partial charge in [-0.2, -0.15) is 0 Å². The van der Waals surface area contributed by atoms with E-state index in [0.29, 0.717) is 5.66 Å². The van der Waals surface area contributed by atoms with Gasteiger partial charge in [-0.3, -0.25) is 0 Å². The molecule has 0 aliphatic carbocycles. The van der Waals surface area contributed by atoms with Gasteiger partial charge in [0.1, 0.15) is 0 Å². The maximum absolute atomic E-state index is 3.42. The summed E-state index contributed by atoms with van der Waals surface area (Å²) in [6.45, 7) is 4.58. The molecule has 1 aliphatic heterocycles. The molecule has 2 N–H and O–H groups in total. The Labute approximate surface area is 133 Å². The third-order valence-corrected chi connectivity index (χ3v) is 4.89. The highest BCUT2D eigenvalue weighted by Crippen LogP contribution is 2.26. The molecular weight excluding hydrogens is 256 g/mol. The molecule has 21 heavy (non-hydrogen) atoms. The van der Waals surface area contributed by atoms with E-state index in [1.54, 1.807) is 0 Å². The van der Waals surface area contributed by atoms with Crippen LogP contribution in [0.1, 0.15) is 117 Å². The highest BCUT2D eigenvalue weighted by Gasteiger charge is 2.39. The summed E-state index contributed by atoms with van der Waals surface area (Å²) in [6, 6.07) is 0. The van der Waals surface area contributed by atoms with Gasteiger partial charge >= 0.3 is 0 Å². The van der Waals surface area contributed by atoms with Gasteiger partial charge in [0, 0.05) is 0 Å². The summed E-state index contributed by atoms with van der Waals surface area (Å²) in [7, 11) is 0. The van der Waals surface area contributed by atoms with Gasteiger partial charge in [-0.05, 0) is 12.8 Å². The maximum Gasteiger partial charge on any atom is 0.0943 e. The second kappa shape index (κ2) is 12.5. The fourth-order valence-electron chi connectivity index (χ4n) is 3.23. The number of nitrogens with one attached hydrogen (secondary N) is 2. The van der Waals surface area contributed by atoms with Crippen molar-refractivity contribution in [2.75, 3.05) is 0 Å².